The van der Waals surface area contributed by atoms with Crippen LogP contribution in [0.2, 0.25) is 0 Å². The fourth-order valence-electron chi connectivity index (χ4n) is 2.63. The van der Waals surface area contributed by atoms with Crippen molar-refractivity contribution in [2.75, 3.05) is 5.32 Å². The number of carbonyl (C=O) groups excluding carboxylic acids is 1. The van der Waals surface area contributed by atoms with Gasteiger partial charge in [0.2, 0.25) is 5.60 Å². The maximum absolute atomic E-state index is 14.3. The molecule has 2 atom stereocenters. The largest absolute Gasteiger partial charge is 0.425 e. The van der Waals surface area contributed by atoms with Crippen LogP contribution in [-0.2, 0) is 15.1 Å². The molecule has 8 heteroatoms. The molecule has 0 radical (unpaired) electrons. The van der Waals surface area contributed by atoms with Gasteiger partial charge in [-0.3, -0.25) is 4.79 Å². The van der Waals surface area contributed by atoms with Gasteiger partial charge in [-0.15, -0.1) is 0 Å². The number of halogens is 5. The van der Waals surface area contributed by atoms with Crippen LogP contribution in [0.1, 0.15) is 25.3 Å². The standard InChI is InChI=1S/C16H14F5NO2/c1-8-14(23)22-11-5-4-10(17)13(18)12(11)15(24-8,16(19,20)21)7-6-9-2-3-9/h4-9H,2-3H2,1H3,(H,22,23)/t8-,15-/m0/s1. The molecule has 1 amide bonds. The van der Waals surface area contributed by atoms with Crippen molar-refractivity contribution < 1.29 is 31.5 Å². The number of nitrogens with one attached hydrogen (secondary N) is 1. The van der Waals surface area contributed by atoms with Gasteiger partial charge in [-0.25, -0.2) is 8.78 Å². The third kappa shape index (κ3) is 2.68. The predicted octanol–water partition coefficient (Wildman–Crippen LogP) is 4.05. The Bertz CT molecular complexity index is 711. The molecule has 1 aliphatic carbocycles. The highest BCUT2D eigenvalue weighted by Gasteiger charge is 2.60. The molecule has 0 bridgehead atoms. The first-order valence-electron chi connectivity index (χ1n) is 7.39. The molecule has 0 aromatic heterocycles. The molecule has 0 unspecified atom stereocenters. The second kappa shape index (κ2) is 5.54. The number of carbonyl (C=O) groups is 1. The molecule has 1 heterocycles. The van der Waals surface area contributed by atoms with Gasteiger partial charge in [0.15, 0.2) is 11.6 Å². The van der Waals surface area contributed by atoms with Crippen LogP contribution >= 0.6 is 0 Å². The fraction of sp³-hybridized carbons (Fsp3) is 0.438. The van der Waals surface area contributed by atoms with Crippen LogP contribution < -0.4 is 5.32 Å². The summed E-state index contributed by atoms with van der Waals surface area (Å²) >= 11 is 0. The Morgan fingerprint density at radius 2 is 1.96 bits per heavy atom. The molecule has 1 fully saturated rings. The minimum atomic E-state index is -5.09. The highest BCUT2D eigenvalue weighted by Crippen LogP contribution is 2.50. The molecule has 0 saturated heterocycles. The third-order valence-electron chi connectivity index (χ3n) is 4.10. The molecule has 2 aliphatic rings. The normalized spacial score (nSPS) is 27.8. The zero-order valence-corrected chi connectivity index (χ0v) is 12.6. The summed E-state index contributed by atoms with van der Waals surface area (Å²) in [5.74, 6) is -4.07. The second-order valence-corrected chi connectivity index (χ2v) is 5.96. The molecule has 3 nitrogen and oxygen atoms in total. The number of rotatable bonds is 2. The van der Waals surface area contributed by atoms with E-state index in [0.29, 0.717) is 12.1 Å². The number of allylic oxidation sites excluding steroid dienone is 1. The summed E-state index contributed by atoms with van der Waals surface area (Å²) in [6.45, 7) is 1.13. The number of benzene rings is 1. The highest BCUT2D eigenvalue weighted by molar-refractivity contribution is 5.95. The summed E-state index contributed by atoms with van der Waals surface area (Å²) in [7, 11) is 0. The average Bonchev–Trinajstić information content (AvgIpc) is 3.30. The SMILES string of the molecule is C[C@@H]1O[C@](C=CC2CC2)(C(F)(F)F)c2c(ccc(F)c2F)NC1=O. The Balaban J connectivity index is 2.29. The molecular formula is C16H14F5NO2. The maximum atomic E-state index is 14.3. The van der Waals surface area contributed by atoms with Gasteiger partial charge in [0.05, 0.1) is 11.3 Å². The summed E-state index contributed by atoms with van der Waals surface area (Å²) in [5, 5.41) is 2.17. The van der Waals surface area contributed by atoms with Gasteiger partial charge in [-0.1, -0.05) is 6.08 Å². The van der Waals surface area contributed by atoms with Crippen molar-refractivity contribution in [3.05, 3.63) is 41.5 Å². The smallest absolute Gasteiger partial charge is 0.344 e. The topological polar surface area (TPSA) is 38.3 Å². The van der Waals surface area contributed by atoms with Gasteiger partial charge in [0.1, 0.15) is 6.10 Å². The Kier molecular flexibility index (Phi) is 3.90. The van der Waals surface area contributed by atoms with E-state index >= 15 is 0 Å². The molecular weight excluding hydrogens is 333 g/mol. The van der Waals surface area contributed by atoms with Crippen LogP contribution in [0.15, 0.2) is 24.3 Å². The summed E-state index contributed by atoms with van der Waals surface area (Å²) in [6, 6.07) is 1.56. The first-order chi connectivity index (χ1) is 11.2. The maximum Gasteiger partial charge on any atom is 0.425 e. The van der Waals surface area contributed by atoms with Crippen LogP contribution in [0.4, 0.5) is 27.6 Å². The number of fused-ring (bicyclic) bond motifs is 1. The number of hydrogen-bond donors (Lipinski definition) is 1. The van der Waals surface area contributed by atoms with E-state index in [-0.39, 0.29) is 5.92 Å². The van der Waals surface area contributed by atoms with E-state index in [9.17, 15) is 26.7 Å². The molecule has 1 saturated carbocycles. The Hall–Kier alpha value is -1.96. The molecule has 0 spiro atoms. The lowest BCUT2D eigenvalue weighted by Gasteiger charge is -2.34. The number of hydrogen-bond acceptors (Lipinski definition) is 2. The number of ether oxygens (including phenoxy) is 1. The van der Waals surface area contributed by atoms with E-state index in [2.05, 4.69) is 5.32 Å². The molecule has 1 aliphatic heterocycles. The summed E-state index contributed by atoms with van der Waals surface area (Å²) < 4.78 is 74.8. The fourth-order valence-corrected chi connectivity index (χ4v) is 2.63. The van der Waals surface area contributed by atoms with Gasteiger partial charge in [0.25, 0.3) is 5.91 Å². The van der Waals surface area contributed by atoms with Crippen LogP contribution in [0.25, 0.3) is 0 Å². The first kappa shape index (κ1) is 16.9. The van der Waals surface area contributed by atoms with Gasteiger partial charge >= 0.3 is 6.18 Å². The Labute approximate surface area is 134 Å². The van der Waals surface area contributed by atoms with Gasteiger partial charge < -0.3 is 10.1 Å². The van der Waals surface area contributed by atoms with E-state index in [1.54, 1.807) is 0 Å². The quantitative estimate of drug-likeness (QED) is 0.648. The van der Waals surface area contributed by atoms with Gasteiger partial charge in [-0.05, 0) is 43.9 Å². The molecule has 1 aromatic rings. The van der Waals surface area contributed by atoms with Crippen molar-refractivity contribution >= 4 is 11.6 Å². The first-order valence-corrected chi connectivity index (χ1v) is 7.39. The second-order valence-electron chi connectivity index (χ2n) is 5.96. The van der Waals surface area contributed by atoms with E-state index < -0.39 is 46.7 Å². The van der Waals surface area contributed by atoms with Crippen molar-refractivity contribution in [2.24, 2.45) is 5.92 Å². The van der Waals surface area contributed by atoms with E-state index in [4.69, 9.17) is 4.74 Å². The lowest BCUT2D eigenvalue weighted by atomic mass is 9.89. The molecule has 3 rings (SSSR count). The van der Waals surface area contributed by atoms with Crippen molar-refractivity contribution in [1.82, 2.24) is 0 Å². The Morgan fingerprint density at radius 1 is 1.29 bits per heavy atom. The molecule has 1 N–H and O–H groups in total. The number of anilines is 1. The zero-order chi connectivity index (χ0) is 17.7. The molecule has 1 aromatic carbocycles. The van der Waals surface area contributed by atoms with E-state index in [1.807, 2.05) is 0 Å². The van der Waals surface area contributed by atoms with Crippen LogP contribution in [0, 0.1) is 17.6 Å². The minimum absolute atomic E-state index is 0.0601. The van der Waals surface area contributed by atoms with Crippen molar-refractivity contribution in [3.63, 3.8) is 0 Å². The van der Waals surface area contributed by atoms with Crippen LogP contribution in [0.5, 0.6) is 0 Å². The summed E-state index contributed by atoms with van der Waals surface area (Å²) in [4.78, 5) is 11.9. The monoisotopic (exact) mass is 347 g/mol. The summed E-state index contributed by atoms with van der Waals surface area (Å²) in [5.41, 5.74) is -4.76. The van der Waals surface area contributed by atoms with Crippen molar-refractivity contribution in [3.8, 4) is 0 Å². The van der Waals surface area contributed by atoms with Crippen LogP contribution in [0.3, 0.4) is 0 Å². The molecule has 130 valence electrons. The van der Waals surface area contributed by atoms with Crippen molar-refractivity contribution in [2.45, 2.75) is 37.6 Å². The number of alkyl halides is 3. The third-order valence-corrected chi connectivity index (χ3v) is 4.10. The zero-order valence-electron chi connectivity index (χ0n) is 12.6. The number of amides is 1. The Morgan fingerprint density at radius 3 is 2.54 bits per heavy atom. The lowest BCUT2D eigenvalue weighted by molar-refractivity contribution is -0.272. The van der Waals surface area contributed by atoms with Crippen LogP contribution in [-0.4, -0.2) is 18.2 Å². The minimum Gasteiger partial charge on any atom is -0.344 e. The predicted molar refractivity (Wildman–Crippen MR) is 75.1 cm³/mol. The molecule has 24 heavy (non-hydrogen) atoms. The highest BCUT2D eigenvalue weighted by atomic mass is 19.4. The summed E-state index contributed by atoms with van der Waals surface area (Å²) in [6.07, 6.45) is -3.19. The van der Waals surface area contributed by atoms with Gasteiger partial charge in [-0.2, -0.15) is 13.2 Å². The van der Waals surface area contributed by atoms with Gasteiger partial charge in [0, 0.05) is 0 Å². The average molecular weight is 347 g/mol. The van der Waals surface area contributed by atoms with Crippen molar-refractivity contribution in [1.29, 1.82) is 0 Å². The van der Waals surface area contributed by atoms with E-state index in [0.717, 1.165) is 25.8 Å². The van der Waals surface area contributed by atoms with E-state index in [1.165, 1.54) is 6.08 Å². The lowest BCUT2D eigenvalue weighted by Crippen LogP contribution is -2.46.